The van der Waals surface area contributed by atoms with Crippen molar-refractivity contribution >= 4 is 5.91 Å². The smallest absolute Gasteiger partial charge is 0.276 e. The quantitative estimate of drug-likeness (QED) is 0.467. The van der Waals surface area contributed by atoms with Gasteiger partial charge in [0, 0.05) is 41.9 Å². The number of hydrogen-bond acceptors (Lipinski definition) is 4. The van der Waals surface area contributed by atoms with Crippen molar-refractivity contribution in [2.45, 2.75) is 32.2 Å². The number of hydrogen-bond donors (Lipinski definition) is 0. The molecule has 0 saturated heterocycles. The first-order valence-electron chi connectivity index (χ1n) is 10.8. The van der Waals surface area contributed by atoms with E-state index in [9.17, 15) is 4.79 Å². The van der Waals surface area contributed by atoms with Gasteiger partial charge < -0.3 is 9.42 Å². The number of carbonyl (C=O) groups excluding carboxylic acids is 1. The van der Waals surface area contributed by atoms with Gasteiger partial charge in [0.1, 0.15) is 0 Å². The van der Waals surface area contributed by atoms with E-state index >= 15 is 0 Å². The molecular formula is C26H26N4O2. The fourth-order valence-electron chi connectivity index (χ4n) is 4.87. The molecule has 0 aliphatic carbocycles. The highest BCUT2D eigenvalue weighted by molar-refractivity contribution is 5.94. The predicted molar refractivity (Wildman–Crippen MR) is 122 cm³/mol. The van der Waals surface area contributed by atoms with E-state index < -0.39 is 0 Å². The van der Waals surface area contributed by atoms with E-state index in [1.807, 2.05) is 59.2 Å². The largest absolute Gasteiger partial charge is 0.355 e. The topological polar surface area (TPSA) is 64.2 Å². The highest BCUT2D eigenvalue weighted by Gasteiger charge is 2.44. The van der Waals surface area contributed by atoms with E-state index in [2.05, 4.69) is 49.2 Å². The monoisotopic (exact) mass is 426 g/mol. The zero-order valence-corrected chi connectivity index (χ0v) is 18.7. The van der Waals surface area contributed by atoms with Crippen molar-refractivity contribution in [1.82, 2.24) is 19.8 Å². The number of amides is 1. The van der Waals surface area contributed by atoms with Crippen LogP contribution in [0.5, 0.6) is 0 Å². The summed E-state index contributed by atoms with van der Waals surface area (Å²) in [7, 11) is 1.95. The summed E-state index contributed by atoms with van der Waals surface area (Å²) >= 11 is 0. The number of nitrogens with zero attached hydrogens (tertiary/aromatic N) is 4. The number of fused-ring (bicyclic) bond motifs is 1. The Kier molecular flexibility index (Phi) is 4.73. The molecule has 3 heterocycles. The molecule has 2 atom stereocenters. The van der Waals surface area contributed by atoms with Gasteiger partial charge in [-0.1, -0.05) is 59.8 Å². The SMILES string of the molecule is Cc1c(C2(C)CN(C(=O)c3cc(-c4ccccc4)on3)C(C)c3ccccc32)cnn1C. The second-order valence-corrected chi connectivity index (χ2v) is 8.74. The van der Waals surface area contributed by atoms with Gasteiger partial charge in [0.15, 0.2) is 11.5 Å². The molecule has 0 fully saturated rings. The standard InChI is InChI=1S/C26H26N4O2/c1-17-20-12-8-9-13-21(20)26(3,22-15-27-29(4)18(22)2)16-30(17)25(31)23-14-24(32-28-23)19-10-6-5-7-11-19/h5-15,17H,16H2,1-4H3. The number of benzene rings is 2. The van der Waals surface area contributed by atoms with Crippen LogP contribution < -0.4 is 0 Å². The fourth-order valence-corrected chi connectivity index (χ4v) is 4.87. The van der Waals surface area contributed by atoms with Crippen molar-refractivity contribution in [3.8, 4) is 11.3 Å². The van der Waals surface area contributed by atoms with Crippen molar-refractivity contribution in [3.05, 3.63) is 94.9 Å². The zero-order valence-electron chi connectivity index (χ0n) is 18.7. The Labute approximate surface area is 187 Å². The van der Waals surface area contributed by atoms with Gasteiger partial charge in [-0.3, -0.25) is 9.48 Å². The first-order valence-corrected chi connectivity index (χ1v) is 10.8. The molecule has 0 saturated carbocycles. The molecule has 4 aromatic rings. The molecule has 1 aliphatic rings. The van der Waals surface area contributed by atoms with Gasteiger partial charge in [-0.15, -0.1) is 0 Å². The fraction of sp³-hybridized carbons (Fsp3) is 0.269. The highest BCUT2D eigenvalue weighted by atomic mass is 16.5. The molecule has 2 aromatic heterocycles. The van der Waals surface area contributed by atoms with Gasteiger partial charge >= 0.3 is 0 Å². The number of carbonyl (C=O) groups is 1. The Bertz CT molecular complexity index is 1290. The van der Waals surface area contributed by atoms with E-state index in [-0.39, 0.29) is 17.4 Å². The minimum absolute atomic E-state index is 0.0828. The van der Waals surface area contributed by atoms with Gasteiger partial charge in [-0.25, -0.2) is 0 Å². The van der Waals surface area contributed by atoms with Crippen molar-refractivity contribution in [2.24, 2.45) is 7.05 Å². The van der Waals surface area contributed by atoms with Gasteiger partial charge in [0.2, 0.25) is 0 Å². The Hall–Kier alpha value is -3.67. The van der Waals surface area contributed by atoms with Crippen LogP contribution in [0.2, 0.25) is 0 Å². The van der Waals surface area contributed by atoms with Crippen molar-refractivity contribution in [2.75, 3.05) is 6.54 Å². The van der Waals surface area contributed by atoms with Crippen LogP contribution >= 0.6 is 0 Å². The van der Waals surface area contributed by atoms with Crippen molar-refractivity contribution < 1.29 is 9.32 Å². The second-order valence-electron chi connectivity index (χ2n) is 8.74. The van der Waals surface area contributed by atoms with Crippen LogP contribution in [0.25, 0.3) is 11.3 Å². The number of rotatable bonds is 3. The molecule has 32 heavy (non-hydrogen) atoms. The molecule has 0 spiro atoms. The maximum atomic E-state index is 13.7. The van der Waals surface area contributed by atoms with Gasteiger partial charge in [-0.05, 0) is 31.9 Å². The lowest BCUT2D eigenvalue weighted by Gasteiger charge is -2.45. The summed E-state index contributed by atoms with van der Waals surface area (Å²) in [5, 5.41) is 8.60. The third kappa shape index (κ3) is 3.06. The zero-order chi connectivity index (χ0) is 22.5. The third-order valence-corrected chi connectivity index (χ3v) is 6.84. The summed E-state index contributed by atoms with van der Waals surface area (Å²) in [6.07, 6.45) is 1.92. The summed E-state index contributed by atoms with van der Waals surface area (Å²) in [6.45, 7) is 6.87. The average Bonchev–Trinajstić information content (AvgIpc) is 3.44. The summed E-state index contributed by atoms with van der Waals surface area (Å²) in [4.78, 5) is 15.6. The molecule has 2 aromatic carbocycles. The van der Waals surface area contributed by atoms with Gasteiger partial charge in [0.25, 0.3) is 5.91 Å². The van der Waals surface area contributed by atoms with E-state index in [1.165, 1.54) is 5.56 Å². The molecule has 6 nitrogen and oxygen atoms in total. The predicted octanol–water partition coefficient (Wildman–Crippen LogP) is 4.91. The molecule has 6 heteroatoms. The first-order chi connectivity index (χ1) is 15.4. The lowest BCUT2D eigenvalue weighted by Crippen LogP contribution is -2.49. The minimum Gasteiger partial charge on any atom is -0.355 e. The summed E-state index contributed by atoms with van der Waals surface area (Å²) < 4.78 is 7.40. The van der Waals surface area contributed by atoms with Crippen LogP contribution in [0.3, 0.4) is 0 Å². The number of aryl methyl sites for hydroxylation is 1. The third-order valence-electron chi connectivity index (χ3n) is 6.84. The van der Waals surface area contributed by atoms with Crippen LogP contribution in [0.1, 0.15) is 52.8 Å². The Morgan fingerprint density at radius 2 is 1.81 bits per heavy atom. The Morgan fingerprint density at radius 3 is 2.53 bits per heavy atom. The summed E-state index contributed by atoms with van der Waals surface area (Å²) in [5.74, 6) is 0.454. The normalized spacial score (nSPS) is 20.2. The molecule has 2 unspecified atom stereocenters. The lowest BCUT2D eigenvalue weighted by molar-refractivity contribution is 0.0616. The van der Waals surface area contributed by atoms with Gasteiger partial charge in [0.05, 0.1) is 12.2 Å². The molecule has 1 amide bonds. The summed E-state index contributed by atoms with van der Waals surface area (Å²) in [6, 6.07) is 19.7. The van der Waals surface area contributed by atoms with E-state index in [4.69, 9.17) is 4.52 Å². The number of aromatic nitrogens is 3. The highest BCUT2D eigenvalue weighted by Crippen LogP contribution is 2.44. The molecule has 162 valence electrons. The molecule has 0 radical (unpaired) electrons. The van der Waals surface area contributed by atoms with E-state index in [1.54, 1.807) is 6.07 Å². The Morgan fingerprint density at radius 1 is 1.09 bits per heavy atom. The van der Waals surface area contributed by atoms with Crippen molar-refractivity contribution in [3.63, 3.8) is 0 Å². The van der Waals surface area contributed by atoms with Gasteiger partial charge in [-0.2, -0.15) is 5.10 Å². The molecule has 1 aliphatic heterocycles. The molecule has 0 N–H and O–H groups in total. The van der Waals surface area contributed by atoms with Crippen LogP contribution in [0.4, 0.5) is 0 Å². The van der Waals surface area contributed by atoms with Crippen LogP contribution in [0.15, 0.2) is 71.4 Å². The first kappa shape index (κ1) is 20.2. The van der Waals surface area contributed by atoms with Crippen LogP contribution in [0, 0.1) is 6.92 Å². The second kappa shape index (κ2) is 7.48. The van der Waals surface area contributed by atoms with Crippen LogP contribution in [-0.2, 0) is 12.5 Å². The average molecular weight is 427 g/mol. The van der Waals surface area contributed by atoms with E-state index in [0.29, 0.717) is 18.0 Å². The minimum atomic E-state index is -0.386. The molecule has 5 rings (SSSR count). The molecular weight excluding hydrogens is 400 g/mol. The lowest BCUT2D eigenvalue weighted by atomic mass is 9.70. The van der Waals surface area contributed by atoms with E-state index in [0.717, 1.165) is 22.4 Å². The molecule has 0 bridgehead atoms. The van der Waals surface area contributed by atoms with Crippen LogP contribution in [-0.4, -0.2) is 32.3 Å². The van der Waals surface area contributed by atoms with Crippen molar-refractivity contribution in [1.29, 1.82) is 0 Å². The Balaban J connectivity index is 1.56. The maximum Gasteiger partial charge on any atom is 0.276 e. The summed E-state index contributed by atoms with van der Waals surface area (Å²) in [5.41, 5.74) is 5.43. The maximum absolute atomic E-state index is 13.7.